The topological polar surface area (TPSA) is 47.6 Å². The highest BCUT2D eigenvalue weighted by molar-refractivity contribution is 5.73. The normalized spacial score (nSPS) is 28.8. The Morgan fingerprint density at radius 3 is 3.00 bits per heavy atom. The van der Waals surface area contributed by atoms with E-state index in [4.69, 9.17) is 9.47 Å². The lowest BCUT2D eigenvalue weighted by molar-refractivity contribution is -0.148. The smallest absolute Gasteiger partial charge is 0.312 e. The molecule has 1 rings (SSSR count). The number of nitrogens with one attached hydrogen (secondary N) is 1. The van der Waals surface area contributed by atoms with E-state index in [0.29, 0.717) is 19.8 Å². The van der Waals surface area contributed by atoms with Crippen molar-refractivity contribution in [2.75, 3.05) is 26.9 Å². The Bertz CT molecular complexity index is 160. The van der Waals surface area contributed by atoms with Crippen LogP contribution in [0.5, 0.6) is 0 Å². The number of rotatable bonds is 3. The van der Waals surface area contributed by atoms with Gasteiger partial charge < -0.3 is 14.8 Å². The molecule has 1 aliphatic rings. The molecule has 0 aromatic carbocycles. The zero-order valence-corrected chi connectivity index (χ0v) is 7.50. The molecule has 0 aromatic heterocycles. The molecular formula is C8H15NO3. The second kappa shape index (κ2) is 4.42. The fourth-order valence-electron chi connectivity index (χ4n) is 1.32. The van der Waals surface area contributed by atoms with Crippen LogP contribution in [0.3, 0.4) is 0 Å². The first-order valence-electron chi connectivity index (χ1n) is 4.21. The predicted molar refractivity (Wildman–Crippen MR) is 43.8 cm³/mol. The molecular weight excluding hydrogens is 158 g/mol. The van der Waals surface area contributed by atoms with E-state index in [0.717, 1.165) is 0 Å². The zero-order chi connectivity index (χ0) is 8.97. The molecule has 70 valence electrons. The zero-order valence-electron chi connectivity index (χ0n) is 7.50. The minimum Gasteiger partial charge on any atom is -0.466 e. The second-order valence-electron chi connectivity index (χ2n) is 2.79. The molecule has 1 fully saturated rings. The first-order valence-corrected chi connectivity index (χ1v) is 4.21. The molecule has 0 bridgehead atoms. The molecule has 0 aliphatic carbocycles. The van der Waals surface area contributed by atoms with Gasteiger partial charge in [-0.25, -0.2) is 0 Å². The van der Waals surface area contributed by atoms with Gasteiger partial charge in [-0.05, 0) is 14.0 Å². The van der Waals surface area contributed by atoms with Gasteiger partial charge in [-0.1, -0.05) is 0 Å². The van der Waals surface area contributed by atoms with Crippen molar-refractivity contribution in [3.63, 3.8) is 0 Å². The van der Waals surface area contributed by atoms with E-state index in [1.165, 1.54) is 0 Å². The molecule has 1 saturated heterocycles. The van der Waals surface area contributed by atoms with E-state index in [-0.39, 0.29) is 17.9 Å². The molecule has 0 saturated carbocycles. The van der Waals surface area contributed by atoms with Crippen molar-refractivity contribution in [3.05, 3.63) is 0 Å². The number of ether oxygens (including phenoxy) is 2. The van der Waals surface area contributed by atoms with Gasteiger partial charge in [0, 0.05) is 6.04 Å². The van der Waals surface area contributed by atoms with Crippen LogP contribution in [0.1, 0.15) is 6.92 Å². The van der Waals surface area contributed by atoms with Crippen LogP contribution in [0.15, 0.2) is 0 Å². The minimum atomic E-state index is -0.158. The molecule has 4 nitrogen and oxygen atoms in total. The monoisotopic (exact) mass is 173 g/mol. The van der Waals surface area contributed by atoms with Crippen LogP contribution in [-0.2, 0) is 14.3 Å². The average Bonchev–Trinajstić information content (AvgIpc) is 2.51. The van der Waals surface area contributed by atoms with Crippen molar-refractivity contribution in [2.45, 2.75) is 13.0 Å². The first-order chi connectivity index (χ1) is 5.79. The van der Waals surface area contributed by atoms with Gasteiger partial charge in [0.15, 0.2) is 0 Å². The van der Waals surface area contributed by atoms with Gasteiger partial charge in [-0.15, -0.1) is 0 Å². The Morgan fingerprint density at radius 2 is 2.42 bits per heavy atom. The van der Waals surface area contributed by atoms with Crippen LogP contribution in [0.25, 0.3) is 0 Å². The van der Waals surface area contributed by atoms with E-state index in [1.54, 1.807) is 0 Å². The van der Waals surface area contributed by atoms with Crippen molar-refractivity contribution in [2.24, 2.45) is 5.92 Å². The summed E-state index contributed by atoms with van der Waals surface area (Å²) < 4.78 is 10.1. The molecule has 12 heavy (non-hydrogen) atoms. The third kappa shape index (κ3) is 1.95. The summed E-state index contributed by atoms with van der Waals surface area (Å²) in [5.74, 6) is -0.288. The molecule has 0 spiro atoms. The van der Waals surface area contributed by atoms with Gasteiger partial charge in [0.2, 0.25) is 0 Å². The van der Waals surface area contributed by atoms with Crippen molar-refractivity contribution < 1.29 is 14.3 Å². The summed E-state index contributed by atoms with van der Waals surface area (Å²) in [4.78, 5) is 11.3. The van der Waals surface area contributed by atoms with Crippen LogP contribution < -0.4 is 5.32 Å². The van der Waals surface area contributed by atoms with Crippen LogP contribution >= 0.6 is 0 Å². The molecule has 1 heterocycles. The summed E-state index contributed by atoms with van der Waals surface area (Å²) in [6.07, 6.45) is 0. The molecule has 0 aromatic rings. The van der Waals surface area contributed by atoms with E-state index in [1.807, 2.05) is 14.0 Å². The van der Waals surface area contributed by atoms with Crippen LogP contribution in [0.4, 0.5) is 0 Å². The lowest BCUT2D eigenvalue weighted by atomic mass is 10.0. The first kappa shape index (κ1) is 9.48. The summed E-state index contributed by atoms with van der Waals surface area (Å²) >= 11 is 0. The Hall–Kier alpha value is -0.610. The van der Waals surface area contributed by atoms with Gasteiger partial charge >= 0.3 is 5.97 Å². The van der Waals surface area contributed by atoms with Gasteiger partial charge in [0.1, 0.15) is 0 Å². The Morgan fingerprint density at radius 1 is 1.67 bits per heavy atom. The van der Waals surface area contributed by atoms with E-state index in [2.05, 4.69) is 5.32 Å². The highest BCUT2D eigenvalue weighted by Gasteiger charge is 2.33. The number of hydrogen-bond acceptors (Lipinski definition) is 4. The van der Waals surface area contributed by atoms with Crippen LogP contribution in [-0.4, -0.2) is 38.9 Å². The lowest BCUT2D eigenvalue weighted by Gasteiger charge is -2.14. The fraction of sp³-hybridized carbons (Fsp3) is 0.875. The number of likely N-dealkylation sites (N-methyl/N-ethyl adjacent to an activating group) is 1. The molecule has 1 N–H and O–H groups in total. The van der Waals surface area contributed by atoms with Crippen molar-refractivity contribution >= 4 is 5.97 Å². The second-order valence-corrected chi connectivity index (χ2v) is 2.79. The highest BCUT2D eigenvalue weighted by atomic mass is 16.5. The van der Waals surface area contributed by atoms with Crippen molar-refractivity contribution in [3.8, 4) is 0 Å². The molecule has 2 unspecified atom stereocenters. The third-order valence-corrected chi connectivity index (χ3v) is 2.04. The Balaban J connectivity index is 2.43. The summed E-state index contributed by atoms with van der Waals surface area (Å²) in [5.41, 5.74) is 0. The fourth-order valence-corrected chi connectivity index (χ4v) is 1.32. The third-order valence-electron chi connectivity index (χ3n) is 2.04. The summed E-state index contributed by atoms with van der Waals surface area (Å²) in [5, 5.41) is 3.03. The molecule has 4 heteroatoms. The number of esters is 1. The van der Waals surface area contributed by atoms with E-state index < -0.39 is 0 Å². The number of carbonyl (C=O) groups excluding carboxylic acids is 1. The summed E-state index contributed by atoms with van der Waals surface area (Å²) in [6, 6.07) is 0.115. The minimum absolute atomic E-state index is 0.115. The largest absolute Gasteiger partial charge is 0.466 e. The van der Waals surface area contributed by atoms with Crippen LogP contribution in [0.2, 0.25) is 0 Å². The molecule has 0 amide bonds. The summed E-state index contributed by atoms with van der Waals surface area (Å²) in [6.45, 7) is 3.32. The Labute approximate surface area is 72.2 Å². The van der Waals surface area contributed by atoms with Crippen LogP contribution in [0, 0.1) is 5.92 Å². The van der Waals surface area contributed by atoms with Crippen molar-refractivity contribution in [1.29, 1.82) is 0 Å². The Kier molecular flexibility index (Phi) is 3.49. The number of hydrogen-bond donors (Lipinski definition) is 1. The van der Waals surface area contributed by atoms with E-state index >= 15 is 0 Å². The van der Waals surface area contributed by atoms with Crippen molar-refractivity contribution in [1.82, 2.24) is 5.32 Å². The molecule has 1 aliphatic heterocycles. The highest BCUT2D eigenvalue weighted by Crippen LogP contribution is 2.14. The lowest BCUT2D eigenvalue weighted by Crippen LogP contribution is -2.37. The number of carbonyl (C=O) groups is 1. The SMILES string of the molecule is CCOC(=O)C1COCC1NC. The maximum absolute atomic E-state index is 11.3. The maximum atomic E-state index is 11.3. The predicted octanol–water partition coefficient (Wildman–Crippen LogP) is -0.216. The molecule has 0 radical (unpaired) electrons. The van der Waals surface area contributed by atoms with Gasteiger partial charge in [-0.3, -0.25) is 4.79 Å². The van der Waals surface area contributed by atoms with Gasteiger partial charge in [0.05, 0.1) is 25.7 Å². The average molecular weight is 173 g/mol. The molecule has 2 atom stereocenters. The maximum Gasteiger partial charge on any atom is 0.312 e. The quantitative estimate of drug-likeness (QED) is 0.600. The van der Waals surface area contributed by atoms with Gasteiger partial charge in [-0.2, -0.15) is 0 Å². The van der Waals surface area contributed by atoms with E-state index in [9.17, 15) is 4.79 Å². The van der Waals surface area contributed by atoms with Gasteiger partial charge in [0.25, 0.3) is 0 Å². The standard InChI is InChI=1S/C8H15NO3/c1-3-12-8(10)6-4-11-5-7(6)9-2/h6-7,9H,3-5H2,1-2H3. The summed E-state index contributed by atoms with van der Waals surface area (Å²) in [7, 11) is 1.82.